The Morgan fingerprint density at radius 3 is 2.75 bits per heavy atom. The topological polar surface area (TPSA) is 178 Å². The Morgan fingerprint density at radius 2 is 2.00 bits per heavy atom. The fraction of sp³-hybridized carbons (Fsp3) is 0.643. The van der Waals surface area contributed by atoms with Crippen molar-refractivity contribution in [3.05, 3.63) is 12.7 Å². The van der Waals surface area contributed by atoms with E-state index in [2.05, 4.69) is 15.0 Å². The van der Waals surface area contributed by atoms with Gasteiger partial charge in [0.15, 0.2) is 17.7 Å². The molecule has 0 saturated carbocycles. The van der Waals surface area contributed by atoms with E-state index in [1.165, 1.54) is 21.9 Å². The zero-order valence-electron chi connectivity index (χ0n) is 14.7. The van der Waals surface area contributed by atoms with E-state index in [0.29, 0.717) is 24.4 Å². The van der Waals surface area contributed by atoms with E-state index in [1.54, 1.807) is 0 Å². The lowest BCUT2D eigenvalue weighted by Gasteiger charge is -2.30. The van der Waals surface area contributed by atoms with E-state index >= 15 is 0 Å². The molecule has 2 saturated heterocycles. The zero-order valence-corrected chi connectivity index (χ0v) is 15.6. The minimum absolute atomic E-state index is 0.170. The number of morpholine rings is 1. The molecule has 4 heterocycles. The molecular weight excluding hydrogens is 395 g/mol. The molecule has 2 fully saturated rings. The Kier molecular flexibility index (Phi) is 5.33. The molecule has 14 heteroatoms. The number of nitrogen functional groups attached to an aromatic ring is 1. The summed E-state index contributed by atoms with van der Waals surface area (Å²) in [6, 6.07) is 0. The van der Waals surface area contributed by atoms with Crippen molar-refractivity contribution in [3.8, 4) is 0 Å². The van der Waals surface area contributed by atoms with Crippen LogP contribution in [-0.2, 0) is 18.6 Å². The van der Waals surface area contributed by atoms with Gasteiger partial charge in [-0.15, -0.1) is 0 Å². The number of hydrogen-bond acceptors (Lipinski definition) is 10. The lowest BCUT2D eigenvalue weighted by atomic mass is 10.1. The summed E-state index contributed by atoms with van der Waals surface area (Å²) in [4.78, 5) is 22.2. The first-order valence-corrected chi connectivity index (χ1v) is 10.2. The smallest absolute Gasteiger partial charge is 0.387 e. The summed E-state index contributed by atoms with van der Waals surface area (Å²) >= 11 is 0. The molecule has 0 bridgehead atoms. The highest BCUT2D eigenvalue weighted by Crippen LogP contribution is 2.47. The second kappa shape index (κ2) is 7.61. The van der Waals surface area contributed by atoms with E-state index in [4.69, 9.17) is 19.7 Å². The molecule has 2 aliphatic rings. The molecule has 5 N–H and O–H groups in total. The molecule has 0 aliphatic carbocycles. The third-order valence-electron chi connectivity index (χ3n) is 4.75. The van der Waals surface area contributed by atoms with Crippen LogP contribution >= 0.6 is 7.75 Å². The fourth-order valence-electron chi connectivity index (χ4n) is 3.21. The summed E-state index contributed by atoms with van der Waals surface area (Å²) < 4.78 is 31.1. The van der Waals surface area contributed by atoms with Gasteiger partial charge in [0.2, 0.25) is 0 Å². The van der Waals surface area contributed by atoms with Crippen molar-refractivity contribution in [1.82, 2.24) is 24.2 Å². The van der Waals surface area contributed by atoms with Crippen molar-refractivity contribution in [2.75, 3.05) is 38.6 Å². The van der Waals surface area contributed by atoms with Crippen LogP contribution in [0.15, 0.2) is 12.7 Å². The van der Waals surface area contributed by atoms with Crippen LogP contribution in [0.1, 0.15) is 6.23 Å². The van der Waals surface area contributed by atoms with Crippen LogP contribution in [0.3, 0.4) is 0 Å². The number of anilines is 1. The maximum absolute atomic E-state index is 12.4. The van der Waals surface area contributed by atoms with Crippen molar-refractivity contribution in [3.63, 3.8) is 0 Å². The van der Waals surface area contributed by atoms with Gasteiger partial charge in [-0.25, -0.2) is 24.2 Å². The quantitative estimate of drug-likeness (QED) is 0.414. The van der Waals surface area contributed by atoms with Crippen LogP contribution in [0.25, 0.3) is 11.2 Å². The first-order valence-electron chi connectivity index (χ1n) is 8.63. The second-order valence-electron chi connectivity index (χ2n) is 6.48. The summed E-state index contributed by atoms with van der Waals surface area (Å²) in [7, 11) is -4.07. The van der Waals surface area contributed by atoms with Gasteiger partial charge in [-0.2, -0.15) is 0 Å². The van der Waals surface area contributed by atoms with Crippen LogP contribution in [0.2, 0.25) is 0 Å². The van der Waals surface area contributed by atoms with Crippen LogP contribution in [-0.4, -0.2) is 90.5 Å². The molecule has 28 heavy (non-hydrogen) atoms. The fourth-order valence-corrected chi connectivity index (χ4v) is 4.38. The zero-order chi connectivity index (χ0) is 19.9. The number of nitrogens with two attached hydrogens (primary N) is 1. The number of nitrogens with zero attached hydrogens (tertiary/aromatic N) is 5. The first kappa shape index (κ1) is 19.6. The van der Waals surface area contributed by atoms with Gasteiger partial charge in [-0.3, -0.25) is 9.09 Å². The van der Waals surface area contributed by atoms with Crippen LogP contribution in [0.5, 0.6) is 0 Å². The normalized spacial score (nSPS) is 31.2. The average Bonchev–Trinajstić information content (AvgIpc) is 3.24. The third kappa shape index (κ3) is 3.51. The molecule has 4 rings (SSSR count). The number of fused-ring (bicyclic) bond motifs is 1. The van der Waals surface area contributed by atoms with Crippen molar-refractivity contribution in [2.24, 2.45) is 0 Å². The lowest BCUT2D eigenvalue weighted by Crippen LogP contribution is -2.36. The van der Waals surface area contributed by atoms with Crippen molar-refractivity contribution >= 4 is 24.7 Å². The molecule has 0 spiro atoms. The van der Waals surface area contributed by atoms with Gasteiger partial charge in [0.25, 0.3) is 0 Å². The summed E-state index contributed by atoms with van der Waals surface area (Å²) in [6.07, 6.45) is -2.11. The largest absolute Gasteiger partial charge is 0.405 e. The van der Waals surface area contributed by atoms with Crippen molar-refractivity contribution < 1.29 is 33.7 Å². The molecule has 2 aliphatic heterocycles. The molecule has 0 aromatic carbocycles. The third-order valence-corrected chi connectivity index (χ3v) is 6.35. The van der Waals surface area contributed by atoms with Gasteiger partial charge in [-0.1, -0.05) is 0 Å². The van der Waals surface area contributed by atoms with E-state index in [1.807, 2.05) is 0 Å². The molecule has 0 radical (unpaired) electrons. The molecule has 13 nitrogen and oxygen atoms in total. The minimum Gasteiger partial charge on any atom is -0.387 e. The van der Waals surface area contributed by atoms with Crippen LogP contribution in [0, 0.1) is 0 Å². The number of aliphatic hydroxyl groups excluding tert-OH is 2. The number of rotatable bonds is 5. The van der Waals surface area contributed by atoms with Crippen molar-refractivity contribution in [2.45, 2.75) is 24.5 Å². The number of imidazole rings is 1. The van der Waals surface area contributed by atoms with Crippen LogP contribution < -0.4 is 5.73 Å². The van der Waals surface area contributed by atoms with E-state index in [9.17, 15) is 19.7 Å². The SMILES string of the molecule is Nc1ncnc2c1ncn2C1OC(COP(=O)(O)N2CCOCC2)C(O)C1O. The number of ether oxygens (including phenoxy) is 2. The molecule has 154 valence electrons. The van der Waals surface area contributed by atoms with E-state index in [-0.39, 0.29) is 25.5 Å². The maximum Gasteiger partial charge on any atom is 0.405 e. The summed E-state index contributed by atoms with van der Waals surface area (Å²) in [5.41, 5.74) is 6.41. The summed E-state index contributed by atoms with van der Waals surface area (Å²) in [6.45, 7) is 0.792. The van der Waals surface area contributed by atoms with Gasteiger partial charge in [0.1, 0.15) is 30.2 Å². The predicted octanol–water partition coefficient (Wildman–Crippen LogP) is -1.52. The molecule has 5 atom stereocenters. The molecule has 2 aromatic rings. The molecule has 2 aromatic heterocycles. The number of aliphatic hydroxyl groups is 2. The van der Waals surface area contributed by atoms with Gasteiger partial charge < -0.3 is 30.3 Å². The summed E-state index contributed by atoms with van der Waals surface area (Å²) in [5, 5.41) is 20.7. The highest BCUT2D eigenvalue weighted by atomic mass is 31.2. The Morgan fingerprint density at radius 1 is 1.25 bits per heavy atom. The molecule has 0 amide bonds. The van der Waals surface area contributed by atoms with E-state index < -0.39 is 32.3 Å². The Balaban J connectivity index is 1.47. The van der Waals surface area contributed by atoms with Crippen LogP contribution in [0.4, 0.5) is 5.82 Å². The second-order valence-corrected chi connectivity index (χ2v) is 8.29. The Hall–Kier alpha value is -1.70. The average molecular weight is 416 g/mol. The van der Waals surface area contributed by atoms with Gasteiger partial charge in [0.05, 0.1) is 26.1 Å². The van der Waals surface area contributed by atoms with Gasteiger partial charge in [-0.05, 0) is 0 Å². The number of aromatic nitrogens is 4. The number of hydrogen-bond donors (Lipinski definition) is 4. The Bertz CT molecular complexity index is 890. The van der Waals surface area contributed by atoms with E-state index in [0.717, 1.165) is 0 Å². The lowest BCUT2D eigenvalue weighted by molar-refractivity contribution is -0.0507. The maximum atomic E-state index is 12.4. The molecular formula is C14H21N6O7P. The van der Waals surface area contributed by atoms with Crippen molar-refractivity contribution in [1.29, 1.82) is 0 Å². The van der Waals surface area contributed by atoms with Gasteiger partial charge in [0, 0.05) is 13.1 Å². The first-order chi connectivity index (χ1) is 13.4. The minimum atomic E-state index is -4.07. The van der Waals surface area contributed by atoms with Gasteiger partial charge >= 0.3 is 7.75 Å². The monoisotopic (exact) mass is 416 g/mol. The molecule has 5 unspecified atom stereocenters. The summed E-state index contributed by atoms with van der Waals surface area (Å²) in [5.74, 6) is 0.170. The Labute approximate surface area is 159 Å². The highest BCUT2D eigenvalue weighted by Gasteiger charge is 2.45. The highest BCUT2D eigenvalue weighted by molar-refractivity contribution is 7.50. The standard InChI is InChI=1S/C14H21N6O7P/c15-12-9-13(17-6-16-12)20(7-18-9)14-11(22)10(21)8(27-14)5-26-28(23,24)19-1-3-25-4-2-19/h6-8,10-11,14,21-22H,1-5H2,(H,23,24)(H2,15,16,17). The predicted molar refractivity (Wildman–Crippen MR) is 93.8 cm³/mol.